The van der Waals surface area contributed by atoms with E-state index in [0.29, 0.717) is 5.92 Å². The van der Waals surface area contributed by atoms with Gasteiger partial charge in [-0.25, -0.2) is 0 Å². The van der Waals surface area contributed by atoms with Gasteiger partial charge in [-0.15, -0.1) is 0 Å². The van der Waals surface area contributed by atoms with Crippen molar-refractivity contribution in [2.75, 3.05) is 0 Å². The molecule has 2 rings (SSSR count). The minimum Gasteiger partial charge on any atom is -0.481 e. The molecule has 2 heteroatoms. The number of aryl methyl sites for hydroxylation is 1. The highest BCUT2D eigenvalue weighted by molar-refractivity contribution is 5.82. The Morgan fingerprint density at radius 1 is 1.25 bits per heavy atom. The molecule has 1 saturated carbocycles. The first-order valence-electron chi connectivity index (χ1n) is 7.88. The smallest absolute Gasteiger partial charge is 0.314 e. The number of rotatable bonds is 4. The summed E-state index contributed by atoms with van der Waals surface area (Å²) >= 11 is 0. The molecule has 0 aliphatic heterocycles. The highest BCUT2D eigenvalue weighted by atomic mass is 16.4. The molecule has 1 aromatic carbocycles. The molecule has 110 valence electrons. The summed E-state index contributed by atoms with van der Waals surface area (Å²) in [6.07, 6.45) is 5.76. The molecule has 2 nitrogen and oxygen atoms in total. The highest BCUT2D eigenvalue weighted by Crippen LogP contribution is 2.43. The zero-order chi connectivity index (χ0) is 14.8. The zero-order valence-electron chi connectivity index (χ0n) is 12.9. The maximum Gasteiger partial charge on any atom is 0.314 e. The summed E-state index contributed by atoms with van der Waals surface area (Å²) in [5.74, 6) is -0.263. The Labute approximate surface area is 122 Å². The topological polar surface area (TPSA) is 37.3 Å². The summed E-state index contributed by atoms with van der Waals surface area (Å²) in [5.41, 5.74) is 2.89. The number of carboxylic acid groups (broad SMARTS) is 1. The Bertz CT molecular complexity index is 482. The Hall–Kier alpha value is -1.31. The molecule has 0 bridgehead atoms. The van der Waals surface area contributed by atoms with Gasteiger partial charge in [0, 0.05) is 0 Å². The van der Waals surface area contributed by atoms with E-state index in [-0.39, 0.29) is 0 Å². The average molecular weight is 274 g/mol. The van der Waals surface area contributed by atoms with Gasteiger partial charge < -0.3 is 5.11 Å². The molecular weight excluding hydrogens is 248 g/mol. The molecule has 0 aromatic heterocycles. The number of hydrogen-bond donors (Lipinski definition) is 1. The van der Waals surface area contributed by atoms with E-state index in [1.807, 2.05) is 0 Å². The Balaban J connectivity index is 2.59. The third kappa shape index (κ3) is 2.61. The lowest BCUT2D eigenvalue weighted by Gasteiger charge is -2.36. The van der Waals surface area contributed by atoms with Crippen molar-refractivity contribution in [3.8, 4) is 0 Å². The molecular formula is C18H26O2. The molecule has 1 fully saturated rings. The Morgan fingerprint density at radius 3 is 2.40 bits per heavy atom. The first-order chi connectivity index (χ1) is 9.51. The van der Waals surface area contributed by atoms with Crippen molar-refractivity contribution in [3.05, 3.63) is 34.9 Å². The van der Waals surface area contributed by atoms with Crippen molar-refractivity contribution in [2.24, 2.45) is 0 Å². The quantitative estimate of drug-likeness (QED) is 0.867. The second-order valence-corrected chi connectivity index (χ2v) is 6.38. The van der Waals surface area contributed by atoms with E-state index in [0.717, 1.165) is 37.7 Å². The maximum atomic E-state index is 12.1. The van der Waals surface area contributed by atoms with Crippen LogP contribution in [0.25, 0.3) is 0 Å². The van der Waals surface area contributed by atoms with Gasteiger partial charge in [-0.05, 0) is 41.9 Å². The van der Waals surface area contributed by atoms with Gasteiger partial charge in [-0.3, -0.25) is 4.79 Å². The standard InChI is InChI=1S/C18H26O2/c1-4-14-8-9-15(13(2)3)16(12-14)18(17(19)20)10-6-5-7-11-18/h8-9,12-13H,4-7,10-11H2,1-3H3,(H,19,20). The molecule has 1 aromatic rings. The van der Waals surface area contributed by atoms with Gasteiger partial charge in [0.1, 0.15) is 0 Å². The first kappa shape index (κ1) is 15.1. The maximum absolute atomic E-state index is 12.1. The molecule has 0 spiro atoms. The summed E-state index contributed by atoms with van der Waals surface area (Å²) in [6.45, 7) is 6.44. The van der Waals surface area contributed by atoms with Crippen LogP contribution in [0.5, 0.6) is 0 Å². The Kier molecular flexibility index (Phi) is 4.52. The monoisotopic (exact) mass is 274 g/mol. The van der Waals surface area contributed by atoms with E-state index in [1.165, 1.54) is 17.5 Å². The summed E-state index contributed by atoms with van der Waals surface area (Å²) in [7, 11) is 0. The lowest BCUT2D eigenvalue weighted by molar-refractivity contribution is -0.145. The highest BCUT2D eigenvalue weighted by Gasteiger charge is 2.42. The predicted molar refractivity (Wildman–Crippen MR) is 82.3 cm³/mol. The predicted octanol–water partition coefficient (Wildman–Crippen LogP) is 4.66. The first-order valence-corrected chi connectivity index (χ1v) is 7.88. The van der Waals surface area contributed by atoms with Crippen LogP contribution in [0.3, 0.4) is 0 Å². The van der Waals surface area contributed by atoms with Gasteiger partial charge >= 0.3 is 5.97 Å². The molecule has 20 heavy (non-hydrogen) atoms. The van der Waals surface area contributed by atoms with Crippen molar-refractivity contribution in [1.29, 1.82) is 0 Å². The third-order valence-corrected chi connectivity index (χ3v) is 4.78. The van der Waals surface area contributed by atoms with Gasteiger partial charge in [-0.2, -0.15) is 0 Å². The van der Waals surface area contributed by atoms with Crippen LogP contribution in [0.1, 0.15) is 75.5 Å². The van der Waals surface area contributed by atoms with Crippen LogP contribution >= 0.6 is 0 Å². The molecule has 1 aliphatic carbocycles. The molecule has 0 heterocycles. The van der Waals surface area contributed by atoms with Crippen molar-refractivity contribution in [2.45, 2.75) is 70.6 Å². The van der Waals surface area contributed by atoms with E-state index in [9.17, 15) is 9.90 Å². The lowest BCUT2D eigenvalue weighted by Crippen LogP contribution is -2.39. The van der Waals surface area contributed by atoms with Crippen LogP contribution in [0.15, 0.2) is 18.2 Å². The molecule has 0 unspecified atom stereocenters. The van der Waals surface area contributed by atoms with Gasteiger partial charge in [-0.1, -0.05) is 58.2 Å². The average Bonchev–Trinajstić information content (AvgIpc) is 2.47. The van der Waals surface area contributed by atoms with Gasteiger partial charge in [0.05, 0.1) is 5.41 Å². The lowest BCUT2D eigenvalue weighted by atomic mass is 9.67. The molecule has 1 aliphatic rings. The summed E-state index contributed by atoms with van der Waals surface area (Å²) in [6, 6.07) is 6.46. The molecule has 0 amide bonds. The fraction of sp³-hybridized carbons (Fsp3) is 0.611. The second kappa shape index (κ2) is 5.99. The molecule has 1 N–H and O–H groups in total. The van der Waals surface area contributed by atoms with Crippen molar-refractivity contribution in [3.63, 3.8) is 0 Å². The number of hydrogen-bond acceptors (Lipinski definition) is 1. The van der Waals surface area contributed by atoms with Crippen LogP contribution < -0.4 is 0 Å². The van der Waals surface area contributed by atoms with Crippen LogP contribution in [0, 0.1) is 0 Å². The Morgan fingerprint density at radius 2 is 1.90 bits per heavy atom. The number of carboxylic acids is 1. The summed E-state index contributed by atoms with van der Waals surface area (Å²) < 4.78 is 0. The van der Waals surface area contributed by atoms with E-state index in [1.54, 1.807) is 0 Å². The molecule has 0 radical (unpaired) electrons. The molecule has 0 saturated heterocycles. The summed E-state index contributed by atoms with van der Waals surface area (Å²) in [4.78, 5) is 12.1. The van der Waals surface area contributed by atoms with Gasteiger partial charge in [0.2, 0.25) is 0 Å². The minimum atomic E-state index is -0.650. The van der Waals surface area contributed by atoms with Crippen molar-refractivity contribution >= 4 is 5.97 Å². The van der Waals surface area contributed by atoms with Crippen LogP contribution in [0.2, 0.25) is 0 Å². The normalized spacial score (nSPS) is 18.2. The van der Waals surface area contributed by atoms with Crippen LogP contribution in [-0.2, 0) is 16.6 Å². The fourth-order valence-corrected chi connectivity index (χ4v) is 3.49. The number of aliphatic carboxylic acids is 1. The van der Waals surface area contributed by atoms with E-state index in [4.69, 9.17) is 0 Å². The van der Waals surface area contributed by atoms with Gasteiger partial charge in [0.15, 0.2) is 0 Å². The van der Waals surface area contributed by atoms with E-state index in [2.05, 4.69) is 39.0 Å². The fourth-order valence-electron chi connectivity index (χ4n) is 3.49. The van der Waals surface area contributed by atoms with Gasteiger partial charge in [0.25, 0.3) is 0 Å². The van der Waals surface area contributed by atoms with E-state index < -0.39 is 11.4 Å². The number of carbonyl (C=O) groups is 1. The van der Waals surface area contributed by atoms with Crippen molar-refractivity contribution < 1.29 is 9.90 Å². The summed E-state index contributed by atoms with van der Waals surface area (Å²) in [5, 5.41) is 9.91. The van der Waals surface area contributed by atoms with Crippen LogP contribution in [0.4, 0.5) is 0 Å². The zero-order valence-corrected chi connectivity index (χ0v) is 12.9. The minimum absolute atomic E-state index is 0.369. The van der Waals surface area contributed by atoms with E-state index >= 15 is 0 Å². The number of benzene rings is 1. The molecule has 0 atom stereocenters. The third-order valence-electron chi connectivity index (χ3n) is 4.78. The SMILES string of the molecule is CCc1ccc(C(C)C)c(C2(C(=O)O)CCCCC2)c1. The van der Waals surface area contributed by atoms with Crippen molar-refractivity contribution in [1.82, 2.24) is 0 Å². The second-order valence-electron chi connectivity index (χ2n) is 6.38. The van der Waals surface area contributed by atoms with Crippen LogP contribution in [-0.4, -0.2) is 11.1 Å². The largest absolute Gasteiger partial charge is 0.481 e.